The number of alkyl halides is 3. The van der Waals surface area contributed by atoms with Gasteiger partial charge >= 0.3 is 6.18 Å². The molecule has 2 aromatic rings. The minimum atomic E-state index is -4.45. The Hall–Kier alpha value is -2.32. The second-order valence-corrected chi connectivity index (χ2v) is 5.56. The van der Waals surface area contributed by atoms with Crippen LogP contribution in [-0.2, 0) is 11.0 Å². The normalized spacial score (nSPS) is 11.6. The summed E-state index contributed by atoms with van der Waals surface area (Å²) in [5.74, 6) is -0.560. The summed E-state index contributed by atoms with van der Waals surface area (Å²) in [6.45, 7) is -0.267. The number of rotatable bonds is 5. The van der Waals surface area contributed by atoms with Gasteiger partial charge in [-0.3, -0.25) is 9.78 Å². The Morgan fingerprint density at radius 1 is 1.24 bits per heavy atom. The van der Waals surface area contributed by atoms with E-state index in [1.807, 2.05) is 0 Å². The standard InChI is InChI=1S/C15H11Cl2F3N4O/c16-12-6-21-7-13(17)11(12)5-23-24-14(25)8-22-10-3-1-2-9(4-10)15(18,19)20/h1-7,22H,8H2,(H,24,25). The molecule has 0 spiro atoms. The summed E-state index contributed by atoms with van der Waals surface area (Å²) in [5.41, 5.74) is 1.94. The van der Waals surface area contributed by atoms with Gasteiger partial charge in [0.1, 0.15) is 0 Å². The number of hydrogen-bond donors (Lipinski definition) is 2. The first kappa shape index (κ1) is 19.0. The molecule has 0 unspecified atom stereocenters. The molecule has 0 radical (unpaired) electrons. The molecule has 1 heterocycles. The van der Waals surface area contributed by atoms with Crippen LogP contribution in [-0.4, -0.2) is 23.7 Å². The fourth-order valence-corrected chi connectivity index (χ4v) is 2.20. The lowest BCUT2D eigenvalue weighted by Crippen LogP contribution is -2.26. The number of nitrogens with one attached hydrogen (secondary N) is 2. The predicted octanol–water partition coefficient (Wildman–Crippen LogP) is 3.97. The molecule has 1 amide bonds. The van der Waals surface area contributed by atoms with Crippen molar-refractivity contribution in [3.8, 4) is 0 Å². The molecule has 2 N–H and O–H groups in total. The number of hydrogen-bond acceptors (Lipinski definition) is 4. The Labute approximate surface area is 150 Å². The summed E-state index contributed by atoms with van der Waals surface area (Å²) in [7, 11) is 0. The van der Waals surface area contributed by atoms with Crippen molar-refractivity contribution in [2.45, 2.75) is 6.18 Å². The highest BCUT2D eigenvalue weighted by molar-refractivity contribution is 6.38. The fourth-order valence-electron chi connectivity index (χ4n) is 1.74. The molecule has 0 fully saturated rings. The van der Waals surface area contributed by atoms with Crippen LogP contribution in [0.15, 0.2) is 41.8 Å². The molecule has 25 heavy (non-hydrogen) atoms. The molecule has 0 saturated heterocycles. The average molecular weight is 391 g/mol. The number of hydrazone groups is 1. The molecule has 0 saturated carbocycles. The van der Waals surface area contributed by atoms with E-state index < -0.39 is 17.6 Å². The zero-order valence-corrected chi connectivity index (χ0v) is 14.0. The SMILES string of the molecule is O=C(CNc1cccc(C(F)(F)F)c1)NN=Cc1c(Cl)cncc1Cl. The fraction of sp³-hybridized carbons (Fsp3) is 0.133. The van der Waals surface area contributed by atoms with Gasteiger partial charge in [0.2, 0.25) is 0 Å². The van der Waals surface area contributed by atoms with Crippen LogP contribution in [0.5, 0.6) is 0 Å². The van der Waals surface area contributed by atoms with Gasteiger partial charge in [-0.15, -0.1) is 0 Å². The van der Waals surface area contributed by atoms with Crippen molar-refractivity contribution in [1.29, 1.82) is 0 Å². The quantitative estimate of drug-likeness (QED) is 0.599. The molecule has 10 heteroatoms. The summed E-state index contributed by atoms with van der Waals surface area (Å²) in [6, 6.07) is 4.52. The minimum absolute atomic E-state index is 0.161. The van der Waals surface area contributed by atoms with Crippen LogP contribution in [0.25, 0.3) is 0 Å². The monoisotopic (exact) mass is 390 g/mol. The third-order valence-electron chi connectivity index (χ3n) is 2.92. The third-order valence-corrected chi connectivity index (χ3v) is 3.52. The van der Waals surface area contributed by atoms with Crippen LogP contribution in [0.2, 0.25) is 10.0 Å². The number of amides is 1. The van der Waals surface area contributed by atoms with Gasteiger partial charge in [0.25, 0.3) is 5.91 Å². The topological polar surface area (TPSA) is 66.4 Å². The first-order chi connectivity index (χ1) is 11.8. The molecule has 5 nitrogen and oxygen atoms in total. The number of halogens is 5. The van der Waals surface area contributed by atoms with Gasteiger partial charge in [-0.25, -0.2) is 5.43 Å². The zero-order chi connectivity index (χ0) is 18.4. The number of carbonyl (C=O) groups is 1. The van der Waals surface area contributed by atoms with E-state index in [1.165, 1.54) is 30.7 Å². The summed E-state index contributed by atoms with van der Waals surface area (Å²) in [4.78, 5) is 15.4. The van der Waals surface area contributed by atoms with Crippen molar-refractivity contribution in [3.05, 3.63) is 57.8 Å². The molecule has 0 atom stereocenters. The maximum absolute atomic E-state index is 12.6. The number of benzene rings is 1. The molecular weight excluding hydrogens is 380 g/mol. The van der Waals surface area contributed by atoms with E-state index in [-0.39, 0.29) is 22.3 Å². The highest BCUT2D eigenvalue weighted by atomic mass is 35.5. The van der Waals surface area contributed by atoms with E-state index in [1.54, 1.807) is 0 Å². The Morgan fingerprint density at radius 2 is 1.92 bits per heavy atom. The van der Waals surface area contributed by atoms with Gasteiger partial charge < -0.3 is 5.32 Å². The van der Waals surface area contributed by atoms with Crippen molar-refractivity contribution in [2.24, 2.45) is 5.10 Å². The van der Waals surface area contributed by atoms with E-state index in [2.05, 4.69) is 20.8 Å². The molecular formula is C15H11Cl2F3N4O. The Kier molecular flexibility index (Phi) is 6.22. The van der Waals surface area contributed by atoms with Gasteiger partial charge in [0, 0.05) is 23.6 Å². The van der Waals surface area contributed by atoms with E-state index in [0.717, 1.165) is 12.1 Å². The van der Waals surface area contributed by atoms with Gasteiger partial charge in [0.05, 0.1) is 28.4 Å². The smallest absolute Gasteiger partial charge is 0.376 e. The highest BCUT2D eigenvalue weighted by Gasteiger charge is 2.30. The van der Waals surface area contributed by atoms with Gasteiger partial charge in [0.15, 0.2) is 0 Å². The molecule has 1 aromatic carbocycles. The lowest BCUT2D eigenvalue weighted by atomic mass is 10.2. The number of nitrogens with zero attached hydrogens (tertiary/aromatic N) is 2. The summed E-state index contributed by atoms with van der Waals surface area (Å²) < 4.78 is 37.8. The van der Waals surface area contributed by atoms with Crippen molar-refractivity contribution in [1.82, 2.24) is 10.4 Å². The van der Waals surface area contributed by atoms with Gasteiger partial charge in [-0.2, -0.15) is 18.3 Å². The molecule has 0 bridgehead atoms. The maximum Gasteiger partial charge on any atom is 0.416 e. The Bertz CT molecular complexity index is 776. The molecule has 0 aliphatic carbocycles. The number of aromatic nitrogens is 1. The van der Waals surface area contributed by atoms with E-state index in [0.29, 0.717) is 5.56 Å². The highest BCUT2D eigenvalue weighted by Crippen LogP contribution is 2.30. The molecule has 2 rings (SSSR count). The van der Waals surface area contributed by atoms with Crippen molar-refractivity contribution in [3.63, 3.8) is 0 Å². The van der Waals surface area contributed by atoms with E-state index in [4.69, 9.17) is 23.2 Å². The maximum atomic E-state index is 12.6. The van der Waals surface area contributed by atoms with Crippen molar-refractivity contribution < 1.29 is 18.0 Å². The first-order valence-electron chi connectivity index (χ1n) is 6.79. The first-order valence-corrected chi connectivity index (χ1v) is 7.55. The van der Waals surface area contributed by atoms with Crippen LogP contribution in [0.4, 0.5) is 18.9 Å². The van der Waals surface area contributed by atoms with Gasteiger partial charge in [-0.05, 0) is 18.2 Å². The molecule has 132 valence electrons. The second kappa shape index (κ2) is 8.17. The summed E-state index contributed by atoms with van der Waals surface area (Å²) in [5, 5.41) is 6.79. The van der Waals surface area contributed by atoms with Crippen molar-refractivity contribution in [2.75, 3.05) is 11.9 Å². The molecule has 1 aromatic heterocycles. The number of pyridine rings is 1. The van der Waals surface area contributed by atoms with Crippen LogP contribution < -0.4 is 10.7 Å². The van der Waals surface area contributed by atoms with Crippen LogP contribution in [0.1, 0.15) is 11.1 Å². The molecule has 0 aliphatic heterocycles. The average Bonchev–Trinajstić information content (AvgIpc) is 2.55. The predicted molar refractivity (Wildman–Crippen MR) is 89.9 cm³/mol. The number of anilines is 1. The second-order valence-electron chi connectivity index (χ2n) is 4.74. The summed E-state index contributed by atoms with van der Waals surface area (Å²) in [6.07, 6.45) is -0.473. The largest absolute Gasteiger partial charge is 0.416 e. The Morgan fingerprint density at radius 3 is 2.56 bits per heavy atom. The Balaban J connectivity index is 1.90. The summed E-state index contributed by atoms with van der Waals surface area (Å²) >= 11 is 11.8. The van der Waals surface area contributed by atoms with Crippen LogP contribution in [0.3, 0.4) is 0 Å². The van der Waals surface area contributed by atoms with Crippen LogP contribution >= 0.6 is 23.2 Å². The number of carbonyl (C=O) groups excluding carboxylic acids is 1. The van der Waals surface area contributed by atoms with E-state index >= 15 is 0 Å². The van der Waals surface area contributed by atoms with E-state index in [9.17, 15) is 18.0 Å². The minimum Gasteiger partial charge on any atom is -0.376 e. The lowest BCUT2D eigenvalue weighted by molar-refractivity contribution is -0.137. The van der Waals surface area contributed by atoms with Gasteiger partial charge in [-0.1, -0.05) is 29.3 Å². The third kappa shape index (κ3) is 5.61. The van der Waals surface area contributed by atoms with Crippen LogP contribution in [0, 0.1) is 0 Å². The lowest BCUT2D eigenvalue weighted by Gasteiger charge is -2.10. The molecule has 0 aliphatic rings. The van der Waals surface area contributed by atoms with Crippen molar-refractivity contribution >= 4 is 41.0 Å². The zero-order valence-electron chi connectivity index (χ0n) is 12.4.